The molecule has 0 bridgehead atoms. The van der Waals surface area contributed by atoms with Gasteiger partial charge < -0.3 is 9.84 Å². The Morgan fingerprint density at radius 1 is 1.29 bits per heavy atom. The first-order valence-electron chi connectivity index (χ1n) is 6.22. The van der Waals surface area contributed by atoms with Crippen molar-refractivity contribution in [2.45, 2.75) is 26.1 Å². The van der Waals surface area contributed by atoms with E-state index < -0.39 is 17.6 Å². The van der Waals surface area contributed by atoms with Crippen molar-refractivity contribution < 1.29 is 22.1 Å². The van der Waals surface area contributed by atoms with Gasteiger partial charge in [0, 0.05) is 19.5 Å². The van der Waals surface area contributed by atoms with Crippen molar-refractivity contribution in [3.8, 4) is 0 Å². The Hall–Kier alpha value is -1.96. The number of nitrogens with one attached hydrogen (secondary N) is 1. The van der Waals surface area contributed by atoms with E-state index in [0.717, 1.165) is 12.1 Å². The number of hydrogen-bond acceptors (Lipinski definition) is 4. The summed E-state index contributed by atoms with van der Waals surface area (Å²) < 4.78 is 55.7. The van der Waals surface area contributed by atoms with Crippen molar-refractivity contribution in [2.75, 3.05) is 6.54 Å². The Labute approximate surface area is 118 Å². The van der Waals surface area contributed by atoms with Gasteiger partial charge in [-0.05, 0) is 24.6 Å². The molecule has 1 heterocycles. The first-order valence-corrected chi connectivity index (χ1v) is 6.22. The molecule has 114 valence electrons. The molecule has 0 aliphatic heterocycles. The highest BCUT2D eigenvalue weighted by molar-refractivity contribution is 5.27. The molecule has 0 amide bonds. The van der Waals surface area contributed by atoms with E-state index in [1.165, 1.54) is 6.07 Å². The number of alkyl halides is 3. The van der Waals surface area contributed by atoms with Crippen molar-refractivity contribution >= 4 is 0 Å². The minimum absolute atomic E-state index is 0.191. The van der Waals surface area contributed by atoms with Crippen LogP contribution in [0.3, 0.4) is 0 Å². The number of halogens is 4. The second kappa shape index (κ2) is 6.21. The van der Waals surface area contributed by atoms with Crippen LogP contribution in [-0.2, 0) is 19.1 Å². The lowest BCUT2D eigenvalue weighted by Gasteiger charge is -2.10. The summed E-state index contributed by atoms with van der Waals surface area (Å²) >= 11 is 0. The number of aromatic nitrogens is 2. The molecule has 8 heteroatoms. The van der Waals surface area contributed by atoms with Gasteiger partial charge in [0.05, 0.1) is 5.56 Å². The summed E-state index contributed by atoms with van der Waals surface area (Å²) in [5.74, 6) is -0.291. The molecular weight excluding hydrogens is 290 g/mol. The minimum Gasteiger partial charge on any atom is -0.339 e. The Morgan fingerprint density at radius 3 is 2.67 bits per heavy atom. The molecule has 0 aliphatic rings. The maximum atomic E-state index is 13.1. The quantitative estimate of drug-likeness (QED) is 0.681. The van der Waals surface area contributed by atoms with Gasteiger partial charge in [-0.1, -0.05) is 11.2 Å². The number of aryl methyl sites for hydroxylation is 1. The highest BCUT2D eigenvalue weighted by Crippen LogP contribution is 2.31. The van der Waals surface area contributed by atoms with Crippen LogP contribution in [0.2, 0.25) is 0 Å². The van der Waals surface area contributed by atoms with E-state index in [1.54, 1.807) is 6.92 Å². The maximum absolute atomic E-state index is 13.1. The van der Waals surface area contributed by atoms with Crippen molar-refractivity contribution in [3.63, 3.8) is 0 Å². The molecule has 0 aliphatic carbocycles. The lowest BCUT2D eigenvalue weighted by Crippen LogP contribution is -2.18. The van der Waals surface area contributed by atoms with E-state index in [0.29, 0.717) is 30.2 Å². The third-order valence-corrected chi connectivity index (χ3v) is 2.75. The van der Waals surface area contributed by atoms with Gasteiger partial charge in [0.25, 0.3) is 0 Å². The largest absolute Gasteiger partial charge is 0.419 e. The van der Waals surface area contributed by atoms with E-state index in [4.69, 9.17) is 4.52 Å². The monoisotopic (exact) mass is 303 g/mol. The molecule has 1 aromatic heterocycles. The maximum Gasteiger partial charge on any atom is 0.419 e. The fourth-order valence-corrected chi connectivity index (χ4v) is 1.77. The number of nitrogens with zero attached hydrogens (tertiary/aromatic N) is 2. The normalized spacial score (nSPS) is 11.9. The topological polar surface area (TPSA) is 51.0 Å². The van der Waals surface area contributed by atoms with Gasteiger partial charge in [-0.2, -0.15) is 18.2 Å². The molecule has 2 aromatic rings. The summed E-state index contributed by atoms with van der Waals surface area (Å²) in [5, 5.41) is 6.56. The first-order chi connectivity index (χ1) is 9.86. The van der Waals surface area contributed by atoms with Crippen LogP contribution < -0.4 is 5.32 Å². The van der Waals surface area contributed by atoms with Gasteiger partial charge in [-0.15, -0.1) is 0 Å². The lowest BCUT2D eigenvalue weighted by atomic mass is 10.1. The van der Waals surface area contributed by atoms with Crippen LogP contribution in [0.15, 0.2) is 22.7 Å². The number of benzene rings is 1. The summed E-state index contributed by atoms with van der Waals surface area (Å²) in [7, 11) is 0. The van der Waals surface area contributed by atoms with Gasteiger partial charge >= 0.3 is 6.18 Å². The molecule has 0 spiro atoms. The fraction of sp³-hybridized carbons (Fsp3) is 0.385. The van der Waals surface area contributed by atoms with E-state index in [9.17, 15) is 17.6 Å². The predicted molar refractivity (Wildman–Crippen MR) is 65.8 cm³/mol. The number of rotatable bonds is 5. The highest BCUT2D eigenvalue weighted by atomic mass is 19.4. The zero-order valence-electron chi connectivity index (χ0n) is 11.2. The SMILES string of the molecule is Cc1noc(CCNCc2ccc(F)c(C(F)(F)F)c2)n1. The summed E-state index contributed by atoms with van der Waals surface area (Å²) in [6.07, 6.45) is -4.23. The van der Waals surface area contributed by atoms with Gasteiger partial charge in [-0.25, -0.2) is 4.39 Å². The van der Waals surface area contributed by atoms with Crippen LogP contribution >= 0.6 is 0 Å². The highest BCUT2D eigenvalue weighted by Gasteiger charge is 2.34. The molecule has 4 nitrogen and oxygen atoms in total. The molecule has 0 atom stereocenters. The molecule has 21 heavy (non-hydrogen) atoms. The van der Waals surface area contributed by atoms with Crippen LogP contribution in [0.5, 0.6) is 0 Å². The summed E-state index contributed by atoms with van der Waals surface area (Å²) in [5.41, 5.74) is -0.903. The Bertz CT molecular complexity index is 610. The van der Waals surface area contributed by atoms with Gasteiger partial charge in [-0.3, -0.25) is 0 Å². The molecule has 0 fully saturated rings. The van der Waals surface area contributed by atoms with E-state index in [-0.39, 0.29) is 6.54 Å². The molecule has 0 radical (unpaired) electrons. The van der Waals surface area contributed by atoms with Crippen molar-refractivity contribution in [1.82, 2.24) is 15.5 Å². The molecular formula is C13H13F4N3O. The average Bonchev–Trinajstić information content (AvgIpc) is 2.81. The predicted octanol–water partition coefficient (Wildman–Crippen LogP) is 2.87. The third kappa shape index (κ3) is 4.25. The van der Waals surface area contributed by atoms with Crippen LogP contribution in [0.1, 0.15) is 22.8 Å². The standard InChI is InChI=1S/C13H13F4N3O/c1-8-19-12(21-20-8)4-5-18-7-9-2-3-11(14)10(6-9)13(15,16)17/h2-3,6,18H,4-5,7H2,1H3. The molecule has 2 rings (SSSR count). The van der Waals surface area contributed by atoms with Gasteiger partial charge in [0.15, 0.2) is 5.82 Å². The van der Waals surface area contributed by atoms with Crippen LogP contribution in [-0.4, -0.2) is 16.7 Å². The molecule has 0 saturated carbocycles. The van der Waals surface area contributed by atoms with E-state index in [2.05, 4.69) is 15.5 Å². The van der Waals surface area contributed by atoms with Gasteiger partial charge in [0.1, 0.15) is 5.82 Å². The fourth-order valence-electron chi connectivity index (χ4n) is 1.77. The second-order valence-electron chi connectivity index (χ2n) is 4.47. The lowest BCUT2D eigenvalue weighted by molar-refractivity contribution is -0.140. The summed E-state index contributed by atoms with van der Waals surface area (Å²) in [6.45, 7) is 2.34. The first kappa shape index (κ1) is 15.4. The summed E-state index contributed by atoms with van der Waals surface area (Å²) in [4.78, 5) is 4.00. The van der Waals surface area contributed by atoms with E-state index in [1.807, 2.05) is 0 Å². The summed E-state index contributed by atoms with van der Waals surface area (Å²) in [6, 6.07) is 2.94. The Balaban J connectivity index is 1.89. The third-order valence-electron chi connectivity index (χ3n) is 2.75. The smallest absolute Gasteiger partial charge is 0.339 e. The zero-order valence-corrected chi connectivity index (χ0v) is 11.2. The average molecular weight is 303 g/mol. The second-order valence-corrected chi connectivity index (χ2v) is 4.47. The molecule has 0 saturated heterocycles. The molecule has 1 N–H and O–H groups in total. The number of hydrogen-bond donors (Lipinski definition) is 1. The Morgan fingerprint density at radius 2 is 2.05 bits per heavy atom. The zero-order chi connectivity index (χ0) is 15.5. The van der Waals surface area contributed by atoms with E-state index >= 15 is 0 Å². The van der Waals surface area contributed by atoms with Crippen LogP contribution in [0.25, 0.3) is 0 Å². The molecule has 0 unspecified atom stereocenters. The van der Waals surface area contributed by atoms with Gasteiger partial charge in [0.2, 0.25) is 5.89 Å². The van der Waals surface area contributed by atoms with Crippen LogP contribution in [0.4, 0.5) is 17.6 Å². The molecule has 1 aromatic carbocycles. The van der Waals surface area contributed by atoms with Crippen LogP contribution in [0, 0.1) is 12.7 Å². The van der Waals surface area contributed by atoms with Crippen molar-refractivity contribution in [3.05, 3.63) is 46.9 Å². The minimum atomic E-state index is -4.69. The Kier molecular flexibility index (Phi) is 4.56. The van der Waals surface area contributed by atoms with Crippen molar-refractivity contribution in [1.29, 1.82) is 0 Å². The van der Waals surface area contributed by atoms with Crippen molar-refractivity contribution in [2.24, 2.45) is 0 Å².